The van der Waals surface area contributed by atoms with Crippen molar-refractivity contribution in [1.82, 2.24) is 14.1 Å². The second-order valence-corrected chi connectivity index (χ2v) is 12.3. The summed E-state index contributed by atoms with van der Waals surface area (Å²) >= 11 is 0. The molecule has 0 N–H and O–H groups in total. The van der Waals surface area contributed by atoms with Gasteiger partial charge >= 0.3 is 0 Å². The minimum Gasteiger partial charge on any atom is -1.00 e. The summed E-state index contributed by atoms with van der Waals surface area (Å²) in [4.78, 5) is 4.13. The number of hydrogen-bond donors (Lipinski definition) is 0. The summed E-state index contributed by atoms with van der Waals surface area (Å²) in [6.07, 6.45) is 11.9. The van der Waals surface area contributed by atoms with Gasteiger partial charge in [0.15, 0.2) is 0 Å². The van der Waals surface area contributed by atoms with Gasteiger partial charge in [-0.05, 0) is 74.8 Å². The Hall–Kier alpha value is -3.97. The van der Waals surface area contributed by atoms with Gasteiger partial charge in [0.1, 0.15) is 18.1 Å². The number of benzene rings is 4. The summed E-state index contributed by atoms with van der Waals surface area (Å²) in [7, 11) is 2.05. The Morgan fingerprint density at radius 2 is 1.10 bits per heavy atom. The van der Waals surface area contributed by atoms with Gasteiger partial charge in [0.25, 0.3) is 0 Å². The quantitative estimate of drug-likeness (QED) is 0.194. The highest BCUT2D eigenvalue weighted by Crippen LogP contribution is 2.50. The number of hydrogen-bond acceptors (Lipinski definition) is 1. The minimum atomic E-state index is 0. The molecule has 0 fully saturated rings. The zero-order valence-electron chi connectivity index (χ0n) is 24.7. The van der Waals surface area contributed by atoms with Crippen LogP contribution in [0.25, 0.3) is 33.6 Å². The van der Waals surface area contributed by atoms with Crippen LogP contribution in [0.4, 0.5) is 0 Å². The summed E-state index contributed by atoms with van der Waals surface area (Å²) < 4.78 is 6.28. The number of nitrogens with zero attached hydrogens (tertiary/aromatic N) is 4. The molecule has 0 saturated carbocycles. The van der Waals surface area contributed by atoms with Crippen molar-refractivity contribution in [2.45, 2.75) is 38.5 Å². The molecule has 0 bridgehead atoms. The van der Waals surface area contributed by atoms with Crippen molar-refractivity contribution < 1.29 is 28.5 Å². The van der Waals surface area contributed by atoms with E-state index in [0.29, 0.717) is 0 Å². The molecule has 2 aliphatic carbocycles. The summed E-state index contributed by atoms with van der Waals surface area (Å²) in [5, 5.41) is 0. The molecular formula is C37H35IN4. The van der Waals surface area contributed by atoms with Crippen LogP contribution in [0.3, 0.4) is 0 Å². The molecule has 2 aliphatic rings. The Labute approximate surface area is 265 Å². The molecule has 0 amide bonds. The molecule has 0 aliphatic heterocycles. The molecule has 4 nitrogen and oxygen atoms in total. The first kappa shape index (κ1) is 28.2. The number of imidazole rings is 2. The first-order chi connectivity index (χ1) is 19.7. The van der Waals surface area contributed by atoms with Gasteiger partial charge in [0, 0.05) is 28.9 Å². The summed E-state index contributed by atoms with van der Waals surface area (Å²) in [6.45, 7) is 9.24. The van der Waals surface area contributed by atoms with E-state index in [1.807, 2.05) is 25.8 Å². The molecular weight excluding hydrogens is 627 g/mol. The van der Waals surface area contributed by atoms with Crippen molar-refractivity contribution >= 4 is 0 Å². The van der Waals surface area contributed by atoms with E-state index in [9.17, 15) is 0 Å². The highest BCUT2D eigenvalue weighted by Gasteiger charge is 2.36. The van der Waals surface area contributed by atoms with Crippen molar-refractivity contribution in [1.29, 1.82) is 0 Å². The van der Waals surface area contributed by atoms with Gasteiger partial charge in [-0.3, -0.25) is 0 Å². The number of aryl methyl sites for hydroxylation is 1. The Kier molecular flexibility index (Phi) is 6.97. The van der Waals surface area contributed by atoms with Gasteiger partial charge in [0.05, 0.1) is 13.4 Å². The molecule has 0 unspecified atom stereocenters. The molecule has 8 rings (SSSR count). The molecule has 2 aromatic heterocycles. The van der Waals surface area contributed by atoms with Crippen LogP contribution < -0.4 is 28.5 Å². The van der Waals surface area contributed by atoms with E-state index in [1.165, 1.54) is 55.9 Å². The average molecular weight is 663 g/mol. The highest BCUT2D eigenvalue weighted by atomic mass is 127. The molecule has 4 aromatic carbocycles. The average Bonchev–Trinajstić information content (AvgIpc) is 3.76. The van der Waals surface area contributed by atoms with E-state index >= 15 is 0 Å². The topological polar surface area (TPSA) is 26.6 Å². The Balaban J connectivity index is 0.000000147. The van der Waals surface area contributed by atoms with Crippen LogP contribution in [0.2, 0.25) is 0 Å². The zero-order chi connectivity index (χ0) is 28.4. The number of aromatic nitrogens is 4. The van der Waals surface area contributed by atoms with Crippen molar-refractivity contribution in [3.05, 3.63) is 145 Å². The Morgan fingerprint density at radius 1 is 0.595 bits per heavy atom. The lowest BCUT2D eigenvalue weighted by Gasteiger charge is -2.21. The third kappa shape index (κ3) is 4.42. The third-order valence-electron chi connectivity index (χ3n) is 9.00. The van der Waals surface area contributed by atoms with E-state index in [2.05, 4.69) is 150 Å². The van der Waals surface area contributed by atoms with Crippen LogP contribution >= 0.6 is 0 Å². The van der Waals surface area contributed by atoms with Gasteiger partial charge in [0.2, 0.25) is 6.33 Å². The Morgan fingerprint density at radius 3 is 1.57 bits per heavy atom. The number of halogens is 1. The smallest absolute Gasteiger partial charge is 0.248 e. The lowest BCUT2D eigenvalue weighted by molar-refractivity contribution is -0.670. The molecule has 0 radical (unpaired) electrons. The molecule has 210 valence electrons. The fourth-order valence-electron chi connectivity index (χ4n) is 6.72. The summed E-state index contributed by atoms with van der Waals surface area (Å²) in [5.41, 5.74) is 13.6. The second kappa shape index (κ2) is 10.4. The fraction of sp³-hybridized carbons (Fsp3) is 0.189. The third-order valence-corrected chi connectivity index (χ3v) is 9.00. The van der Waals surface area contributed by atoms with Gasteiger partial charge in [-0.25, -0.2) is 14.1 Å². The SMILES string of the molecule is CC1(C)c2ccccc2-c2ccc(-n3ccnc3)cc21.C[n+]1ccn(-c2ccc3c(c2)C(C)(C)c2ccccc2-3)c1.[I-]. The van der Waals surface area contributed by atoms with Crippen LogP contribution in [0.15, 0.2) is 122 Å². The van der Waals surface area contributed by atoms with Crippen molar-refractivity contribution in [3.8, 4) is 33.6 Å². The van der Waals surface area contributed by atoms with E-state index in [1.54, 1.807) is 0 Å². The molecule has 0 atom stereocenters. The van der Waals surface area contributed by atoms with E-state index < -0.39 is 0 Å². The van der Waals surface area contributed by atoms with E-state index in [0.717, 1.165) is 0 Å². The van der Waals surface area contributed by atoms with Gasteiger partial charge in [-0.1, -0.05) is 82.3 Å². The predicted octanol–water partition coefficient (Wildman–Crippen LogP) is 4.79. The lowest BCUT2D eigenvalue weighted by Crippen LogP contribution is -3.00. The van der Waals surface area contributed by atoms with E-state index in [-0.39, 0.29) is 34.8 Å². The molecule has 2 heterocycles. The minimum absolute atomic E-state index is 0. The first-order valence-electron chi connectivity index (χ1n) is 14.3. The van der Waals surface area contributed by atoms with Crippen LogP contribution in [0, 0.1) is 0 Å². The second-order valence-electron chi connectivity index (χ2n) is 12.3. The number of rotatable bonds is 2. The zero-order valence-corrected chi connectivity index (χ0v) is 26.9. The van der Waals surface area contributed by atoms with Crippen LogP contribution in [0.5, 0.6) is 0 Å². The maximum Gasteiger partial charge on any atom is 0.248 e. The fourth-order valence-corrected chi connectivity index (χ4v) is 6.72. The van der Waals surface area contributed by atoms with Gasteiger partial charge in [-0.2, -0.15) is 0 Å². The normalized spacial score (nSPS) is 14.5. The Bertz CT molecular complexity index is 1910. The summed E-state index contributed by atoms with van der Waals surface area (Å²) in [5.74, 6) is 0. The largest absolute Gasteiger partial charge is 1.00 e. The molecule has 5 heteroatoms. The van der Waals surface area contributed by atoms with Crippen LogP contribution in [-0.4, -0.2) is 14.1 Å². The van der Waals surface area contributed by atoms with Gasteiger partial charge < -0.3 is 28.5 Å². The number of fused-ring (bicyclic) bond motifs is 6. The standard InChI is InChI=1S/C19H19N2.C18H16N2.HI/c1-19(2)17-7-5-4-6-15(17)16-9-8-14(12-18(16)19)21-11-10-20(3)13-21;1-18(2)16-6-4-3-5-14(16)15-8-7-13(11-17(15)18)20-10-9-19-12-20;/h4-13H,1-3H3;3-12H,1-2H3;1H/q+1;;/p-1. The van der Waals surface area contributed by atoms with Crippen molar-refractivity contribution in [2.24, 2.45) is 7.05 Å². The molecule has 0 saturated heterocycles. The monoisotopic (exact) mass is 662 g/mol. The van der Waals surface area contributed by atoms with E-state index in [4.69, 9.17) is 0 Å². The molecule has 6 aromatic rings. The van der Waals surface area contributed by atoms with Crippen molar-refractivity contribution in [2.75, 3.05) is 0 Å². The first-order valence-corrected chi connectivity index (χ1v) is 14.3. The lowest BCUT2D eigenvalue weighted by atomic mass is 9.82. The molecule has 0 spiro atoms. The predicted molar refractivity (Wildman–Crippen MR) is 166 cm³/mol. The maximum atomic E-state index is 4.13. The van der Waals surface area contributed by atoms with Gasteiger partial charge in [-0.15, -0.1) is 0 Å². The van der Waals surface area contributed by atoms with Crippen LogP contribution in [0.1, 0.15) is 49.9 Å². The van der Waals surface area contributed by atoms with Crippen molar-refractivity contribution in [3.63, 3.8) is 0 Å². The summed E-state index contributed by atoms with van der Waals surface area (Å²) in [6, 6.07) is 31.0. The maximum absolute atomic E-state index is 4.13. The molecule has 42 heavy (non-hydrogen) atoms. The van der Waals surface area contributed by atoms with Crippen LogP contribution in [-0.2, 0) is 17.9 Å². The highest BCUT2D eigenvalue weighted by molar-refractivity contribution is 5.82.